The normalized spacial score (nSPS) is 11.6. The quantitative estimate of drug-likeness (QED) is 0.263. The molecule has 8 nitrogen and oxygen atoms in total. The van der Waals surface area contributed by atoms with Gasteiger partial charge >= 0.3 is 5.97 Å². The first-order valence-corrected chi connectivity index (χ1v) is 9.19. The van der Waals surface area contributed by atoms with E-state index in [0.717, 1.165) is 0 Å². The molecule has 0 radical (unpaired) electrons. The van der Waals surface area contributed by atoms with Crippen LogP contribution >= 0.6 is 0 Å². The lowest BCUT2D eigenvalue weighted by Crippen LogP contribution is -2.15. The van der Waals surface area contributed by atoms with Crippen molar-refractivity contribution >= 4 is 11.7 Å². The van der Waals surface area contributed by atoms with Crippen LogP contribution in [0.5, 0.6) is 0 Å². The summed E-state index contributed by atoms with van der Waals surface area (Å²) < 4.78 is 20.7. The number of hydrogen-bond acceptors (Lipinski definition) is 6. The molecule has 1 unspecified atom stereocenters. The van der Waals surface area contributed by atoms with E-state index in [1.54, 1.807) is 36.5 Å². The molecule has 1 atom stereocenters. The van der Waals surface area contributed by atoms with Crippen molar-refractivity contribution in [3.05, 3.63) is 118 Å². The molecule has 0 amide bonds. The molecule has 4 rings (SSSR count). The first kappa shape index (κ1) is 19.9. The lowest BCUT2D eigenvalue weighted by molar-refractivity contribution is -0.384. The van der Waals surface area contributed by atoms with E-state index in [4.69, 9.17) is 4.74 Å². The third kappa shape index (κ3) is 4.45. The van der Waals surface area contributed by atoms with Crippen molar-refractivity contribution in [2.24, 2.45) is 0 Å². The fraction of sp³-hybridized carbons (Fsp3) is 0.0455. The molecule has 0 saturated carbocycles. The van der Waals surface area contributed by atoms with Gasteiger partial charge in [-0.25, -0.2) is 13.9 Å². The molecule has 0 fully saturated rings. The Morgan fingerprint density at radius 3 is 2.65 bits per heavy atom. The largest absolute Gasteiger partial charge is 0.446 e. The Balaban J connectivity index is 1.61. The number of aromatic nitrogens is 3. The van der Waals surface area contributed by atoms with E-state index in [1.165, 1.54) is 53.3 Å². The summed E-state index contributed by atoms with van der Waals surface area (Å²) in [7, 11) is 0. The Labute approximate surface area is 175 Å². The summed E-state index contributed by atoms with van der Waals surface area (Å²) in [5.41, 5.74) is 1.16. The van der Waals surface area contributed by atoms with E-state index in [1.807, 2.05) is 0 Å². The van der Waals surface area contributed by atoms with Gasteiger partial charge in [-0.1, -0.05) is 24.3 Å². The Bertz CT molecular complexity index is 1240. The highest BCUT2D eigenvalue weighted by atomic mass is 19.1. The Hall–Kier alpha value is -4.40. The monoisotopic (exact) mass is 418 g/mol. The van der Waals surface area contributed by atoms with Gasteiger partial charge in [0.1, 0.15) is 5.82 Å². The molecular formula is C22H15FN4O4. The summed E-state index contributed by atoms with van der Waals surface area (Å²) >= 11 is 0. The summed E-state index contributed by atoms with van der Waals surface area (Å²) in [6.07, 6.45) is 2.10. The van der Waals surface area contributed by atoms with Crippen LogP contribution in [0.2, 0.25) is 0 Å². The van der Waals surface area contributed by atoms with Crippen molar-refractivity contribution in [2.45, 2.75) is 6.10 Å². The van der Waals surface area contributed by atoms with E-state index in [-0.39, 0.29) is 11.4 Å². The fourth-order valence-electron chi connectivity index (χ4n) is 2.99. The van der Waals surface area contributed by atoms with Crippen molar-refractivity contribution in [3.63, 3.8) is 0 Å². The van der Waals surface area contributed by atoms with E-state index in [0.29, 0.717) is 16.9 Å². The van der Waals surface area contributed by atoms with Crippen molar-refractivity contribution in [1.82, 2.24) is 14.8 Å². The van der Waals surface area contributed by atoms with Crippen LogP contribution in [0.1, 0.15) is 27.8 Å². The van der Waals surface area contributed by atoms with Gasteiger partial charge in [-0.2, -0.15) is 5.10 Å². The van der Waals surface area contributed by atoms with Crippen LogP contribution in [0.25, 0.3) is 5.69 Å². The van der Waals surface area contributed by atoms with Crippen LogP contribution in [-0.4, -0.2) is 25.7 Å². The second kappa shape index (κ2) is 8.54. The topological polar surface area (TPSA) is 100 Å². The molecule has 9 heteroatoms. The highest BCUT2D eigenvalue weighted by Crippen LogP contribution is 2.26. The molecule has 4 aromatic rings. The number of hydrogen-bond donors (Lipinski definition) is 0. The molecule has 0 spiro atoms. The summed E-state index contributed by atoms with van der Waals surface area (Å²) in [6.45, 7) is 0. The summed E-state index contributed by atoms with van der Waals surface area (Å²) in [6, 6.07) is 18.1. The summed E-state index contributed by atoms with van der Waals surface area (Å²) in [5.74, 6) is -1.21. The predicted molar refractivity (Wildman–Crippen MR) is 108 cm³/mol. The maximum absolute atomic E-state index is 13.8. The zero-order valence-electron chi connectivity index (χ0n) is 16.0. The van der Waals surface area contributed by atoms with E-state index >= 15 is 0 Å². The first-order chi connectivity index (χ1) is 15.0. The maximum atomic E-state index is 13.8. The van der Waals surface area contributed by atoms with Gasteiger partial charge in [-0.3, -0.25) is 15.1 Å². The molecule has 0 saturated heterocycles. The van der Waals surface area contributed by atoms with E-state index in [9.17, 15) is 19.3 Å². The van der Waals surface area contributed by atoms with Crippen LogP contribution in [0.15, 0.2) is 85.2 Å². The number of rotatable bonds is 6. The summed E-state index contributed by atoms with van der Waals surface area (Å²) in [4.78, 5) is 27.5. The molecule has 2 heterocycles. The van der Waals surface area contributed by atoms with Crippen LogP contribution in [0, 0.1) is 15.9 Å². The third-order valence-corrected chi connectivity index (χ3v) is 4.44. The maximum Gasteiger partial charge on any atom is 0.359 e. The first-order valence-electron chi connectivity index (χ1n) is 9.19. The second-order valence-electron chi connectivity index (χ2n) is 6.52. The van der Waals surface area contributed by atoms with Crippen molar-refractivity contribution in [3.8, 4) is 5.69 Å². The average molecular weight is 418 g/mol. The summed E-state index contributed by atoms with van der Waals surface area (Å²) in [5, 5.41) is 15.1. The second-order valence-corrected chi connectivity index (χ2v) is 6.52. The number of carbonyl (C=O) groups excluding carboxylic acids is 1. The van der Waals surface area contributed by atoms with Gasteiger partial charge in [0.05, 0.1) is 16.3 Å². The SMILES string of the molecule is O=C(OC(c1cccc(F)c1)c1ccccn1)c1ccn(-c2cccc([N+](=O)[O-])c2)n1. The Kier molecular flexibility index (Phi) is 5.48. The number of esters is 1. The Morgan fingerprint density at radius 2 is 1.90 bits per heavy atom. The average Bonchev–Trinajstić information content (AvgIpc) is 3.28. The smallest absolute Gasteiger partial charge is 0.359 e. The number of nitro groups is 1. The molecule has 154 valence electrons. The molecule has 0 aliphatic heterocycles. The lowest BCUT2D eigenvalue weighted by atomic mass is 10.1. The fourth-order valence-corrected chi connectivity index (χ4v) is 2.99. The standard InChI is InChI=1S/C22H15FN4O4/c23-16-6-3-5-15(13-16)21(19-9-1-2-11-24-19)31-22(28)20-10-12-26(25-20)17-7-4-8-18(14-17)27(29)30/h1-14,21H. The zero-order valence-corrected chi connectivity index (χ0v) is 16.0. The van der Waals surface area contributed by atoms with Crippen molar-refractivity contribution < 1.29 is 18.8 Å². The number of carbonyl (C=O) groups is 1. The van der Waals surface area contributed by atoms with Gasteiger partial charge in [0.15, 0.2) is 11.8 Å². The van der Waals surface area contributed by atoms with Crippen LogP contribution in [0.3, 0.4) is 0 Å². The van der Waals surface area contributed by atoms with Crippen LogP contribution in [-0.2, 0) is 4.74 Å². The number of nitrogens with zero attached hydrogens (tertiary/aromatic N) is 4. The number of pyridine rings is 1. The molecule has 31 heavy (non-hydrogen) atoms. The van der Waals surface area contributed by atoms with E-state index in [2.05, 4.69) is 10.1 Å². The van der Waals surface area contributed by atoms with Gasteiger partial charge in [0, 0.05) is 30.1 Å². The number of benzene rings is 2. The minimum atomic E-state index is -0.938. The minimum Gasteiger partial charge on any atom is -0.446 e. The molecule has 2 aromatic heterocycles. The van der Waals surface area contributed by atoms with Crippen LogP contribution in [0.4, 0.5) is 10.1 Å². The highest BCUT2D eigenvalue weighted by molar-refractivity contribution is 5.87. The van der Waals surface area contributed by atoms with Crippen molar-refractivity contribution in [1.29, 1.82) is 0 Å². The third-order valence-electron chi connectivity index (χ3n) is 4.44. The van der Waals surface area contributed by atoms with Gasteiger partial charge in [-0.05, 0) is 36.4 Å². The van der Waals surface area contributed by atoms with Gasteiger partial charge in [0.2, 0.25) is 0 Å². The number of halogens is 1. The molecule has 0 N–H and O–H groups in total. The molecule has 0 aliphatic carbocycles. The van der Waals surface area contributed by atoms with Crippen molar-refractivity contribution in [2.75, 3.05) is 0 Å². The number of non-ortho nitro benzene ring substituents is 1. The molecular weight excluding hydrogens is 403 g/mol. The van der Waals surface area contributed by atoms with Gasteiger partial charge in [-0.15, -0.1) is 0 Å². The van der Waals surface area contributed by atoms with E-state index < -0.39 is 22.8 Å². The number of nitro benzene ring substituents is 1. The molecule has 0 aliphatic rings. The zero-order chi connectivity index (χ0) is 21.8. The molecule has 2 aromatic carbocycles. The Morgan fingerprint density at radius 1 is 1.06 bits per heavy atom. The molecule has 0 bridgehead atoms. The minimum absolute atomic E-state index is 0.0103. The highest BCUT2D eigenvalue weighted by Gasteiger charge is 2.23. The van der Waals surface area contributed by atoms with Crippen LogP contribution < -0.4 is 0 Å². The number of ether oxygens (including phenoxy) is 1. The van der Waals surface area contributed by atoms with Gasteiger partial charge in [0.25, 0.3) is 5.69 Å². The lowest BCUT2D eigenvalue weighted by Gasteiger charge is -2.17. The predicted octanol–water partition coefficient (Wildman–Crippen LogP) is 4.26. The van der Waals surface area contributed by atoms with Gasteiger partial charge < -0.3 is 4.74 Å².